The molecule has 1 aliphatic rings. The molecule has 0 nitrogen and oxygen atoms in total. The predicted molar refractivity (Wildman–Crippen MR) is 328 cm³/mol. The molecule has 380 valence electrons. The maximum Gasteiger partial charge on any atom is 0.163 e. The SMILES string of the molecule is CC1=CC(C)([Si](c2c(Cc3ccccc3)cc(C)c(Cc3ccccc3)c2C)(c2c(Cc3ccccc3)cc(C)c(Cc3ccccc3)c2C)c2c(Cc3ccccc3)cc(C)c(Cc3ccccc3)c2C)C(C)=C1C. The van der Waals surface area contributed by atoms with Gasteiger partial charge in [0.2, 0.25) is 0 Å². The van der Waals surface area contributed by atoms with E-state index in [9.17, 15) is 0 Å². The van der Waals surface area contributed by atoms with Crippen molar-refractivity contribution < 1.29 is 0 Å². The van der Waals surface area contributed by atoms with Gasteiger partial charge in [-0.05, 0) is 222 Å². The van der Waals surface area contributed by atoms with Gasteiger partial charge < -0.3 is 0 Å². The molecule has 9 aromatic carbocycles. The summed E-state index contributed by atoms with van der Waals surface area (Å²) in [6.45, 7) is 24.9. The summed E-state index contributed by atoms with van der Waals surface area (Å²) in [7, 11) is -3.64. The van der Waals surface area contributed by atoms with Crippen molar-refractivity contribution in [2.75, 3.05) is 0 Å². The molecule has 0 aromatic heterocycles. The van der Waals surface area contributed by atoms with Crippen LogP contribution in [0.3, 0.4) is 0 Å². The lowest BCUT2D eigenvalue weighted by molar-refractivity contribution is 0.864. The van der Waals surface area contributed by atoms with Crippen LogP contribution in [0.1, 0.15) is 128 Å². The van der Waals surface area contributed by atoms with Crippen LogP contribution in [0.25, 0.3) is 0 Å². The summed E-state index contributed by atoms with van der Waals surface area (Å²) in [4.78, 5) is 0. The van der Waals surface area contributed by atoms with Crippen LogP contribution >= 0.6 is 0 Å². The normalized spacial score (nSPS) is 14.6. The molecular formula is C75H76Si. The number of benzene rings is 9. The third-order valence-corrected chi connectivity index (χ3v) is 24.2. The largest absolute Gasteiger partial charge is 0.163 e. The van der Waals surface area contributed by atoms with Crippen molar-refractivity contribution in [3.05, 3.63) is 323 Å². The molecule has 9 aromatic rings. The van der Waals surface area contributed by atoms with Gasteiger partial charge in [0.15, 0.2) is 8.07 Å². The topological polar surface area (TPSA) is 0 Å². The van der Waals surface area contributed by atoms with Gasteiger partial charge in [0.25, 0.3) is 0 Å². The van der Waals surface area contributed by atoms with Crippen LogP contribution in [-0.2, 0) is 38.5 Å². The molecule has 1 atom stereocenters. The van der Waals surface area contributed by atoms with Gasteiger partial charge in [-0.2, -0.15) is 0 Å². The molecule has 0 radical (unpaired) electrons. The van der Waals surface area contributed by atoms with Crippen LogP contribution in [0.4, 0.5) is 0 Å². The first-order valence-corrected chi connectivity index (χ1v) is 29.8. The molecule has 0 fully saturated rings. The fourth-order valence-corrected chi connectivity index (χ4v) is 21.4. The van der Waals surface area contributed by atoms with Crippen molar-refractivity contribution in [2.24, 2.45) is 0 Å². The zero-order valence-corrected chi connectivity index (χ0v) is 47.9. The molecule has 0 spiro atoms. The minimum atomic E-state index is -3.64. The lowest BCUT2D eigenvalue weighted by Gasteiger charge is -2.52. The highest BCUT2D eigenvalue weighted by atomic mass is 28.3. The average Bonchev–Trinajstić information content (AvgIpc) is 3.79. The molecule has 0 heterocycles. The molecule has 0 amide bonds. The van der Waals surface area contributed by atoms with Gasteiger partial charge in [0, 0.05) is 5.04 Å². The van der Waals surface area contributed by atoms with Crippen molar-refractivity contribution in [3.63, 3.8) is 0 Å². The summed E-state index contributed by atoms with van der Waals surface area (Å²) >= 11 is 0. The molecule has 0 bridgehead atoms. The van der Waals surface area contributed by atoms with Crippen molar-refractivity contribution >= 4 is 23.6 Å². The van der Waals surface area contributed by atoms with Crippen molar-refractivity contribution in [1.29, 1.82) is 0 Å². The monoisotopic (exact) mass is 1000 g/mol. The van der Waals surface area contributed by atoms with E-state index in [1.165, 1.54) is 117 Å². The lowest BCUT2D eigenvalue weighted by Crippen LogP contribution is -2.77. The maximum atomic E-state index is 2.79. The van der Waals surface area contributed by atoms with E-state index in [-0.39, 0.29) is 0 Å². The Morgan fingerprint density at radius 1 is 0.316 bits per heavy atom. The van der Waals surface area contributed by atoms with Crippen LogP contribution in [0.2, 0.25) is 5.04 Å². The van der Waals surface area contributed by atoms with Crippen LogP contribution in [0.15, 0.2) is 223 Å². The number of aryl methyl sites for hydroxylation is 3. The Balaban J connectivity index is 1.50. The van der Waals surface area contributed by atoms with Crippen LogP contribution in [0.5, 0.6) is 0 Å². The van der Waals surface area contributed by atoms with Crippen LogP contribution < -0.4 is 15.6 Å². The highest BCUT2D eigenvalue weighted by Crippen LogP contribution is 2.55. The first kappa shape index (κ1) is 52.1. The van der Waals surface area contributed by atoms with E-state index in [1.54, 1.807) is 15.6 Å². The number of hydrogen-bond acceptors (Lipinski definition) is 0. The second-order valence-electron chi connectivity index (χ2n) is 22.5. The standard InChI is InChI=1S/C75H76Si/c1-51-41-66(44-60-29-17-11-18-30-60)72(56(6)69(51)47-63-35-23-14-24-36-63)76(75(10)50-54(4)55(5)59(75)9,73-57(7)70(48-64-37-25-15-26-38-64)52(2)42-67(73)45-61-31-19-12-20-32-61)74-58(8)71(49-65-39-27-16-28-40-65)53(3)43-68(74)46-62-33-21-13-22-34-62/h11-43,50H,44-49H2,1-10H3. The molecule has 1 aliphatic carbocycles. The zero-order valence-electron chi connectivity index (χ0n) is 46.9. The molecule has 0 N–H and O–H groups in total. The van der Waals surface area contributed by atoms with E-state index < -0.39 is 13.1 Å². The van der Waals surface area contributed by atoms with Crippen molar-refractivity contribution in [3.8, 4) is 0 Å². The highest BCUT2D eigenvalue weighted by Gasteiger charge is 2.60. The van der Waals surface area contributed by atoms with E-state index >= 15 is 0 Å². The highest BCUT2D eigenvalue weighted by molar-refractivity contribution is 7.15. The van der Waals surface area contributed by atoms with Gasteiger partial charge >= 0.3 is 0 Å². The Kier molecular flexibility index (Phi) is 15.2. The summed E-state index contributed by atoms with van der Waals surface area (Å²) < 4.78 is 0. The molecule has 76 heavy (non-hydrogen) atoms. The first-order chi connectivity index (χ1) is 36.8. The predicted octanol–water partition coefficient (Wildman–Crippen LogP) is 16.6. The van der Waals surface area contributed by atoms with E-state index in [2.05, 4.69) is 276 Å². The van der Waals surface area contributed by atoms with Crippen molar-refractivity contribution in [1.82, 2.24) is 0 Å². The number of rotatable bonds is 16. The van der Waals surface area contributed by atoms with E-state index in [0.717, 1.165) is 38.5 Å². The van der Waals surface area contributed by atoms with Gasteiger partial charge in [0.1, 0.15) is 0 Å². The van der Waals surface area contributed by atoms with E-state index in [4.69, 9.17) is 0 Å². The molecular weight excluding hydrogens is 929 g/mol. The summed E-state index contributed by atoms with van der Waals surface area (Å²) in [6.07, 6.45) is 7.91. The summed E-state index contributed by atoms with van der Waals surface area (Å²) in [5.41, 5.74) is 29.6. The fraction of sp³-hybridized carbons (Fsp3) is 0.227. The van der Waals surface area contributed by atoms with Crippen LogP contribution in [0, 0.1) is 41.5 Å². The minimum absolute atomic E-state index is 0.415. The average molecular weight is 1010 g/mol. The summed E-state index contributed by atoms with van der Waals surface area (Å²) in [5, 5.41) is 4.36. The van der Waals surface area contributed by atoms with Crippen LogP contribution in [-0.4, -0.2) is 8.07 Å². The molecule has 0 saturated carbocycles. The quantitative estimate of drug-likeness (QED) is 0.0668. The van der Waals surface area contributed by atoms with Gasteiger partial charge in [-0.3, -0.25) is 0 Å². The fourth-order valence-electron chi connectivity index (χ4n) is 13.9. The second-order valence-corrected chi connectivity index (χ2v) is 26.5. The van der Waals surface area contributed by atoms with Gasteiger partial charge in [-0.1, -0.05) is 224 Å². The molecule has 0 saturated heterocycles. The lowest BCUT2D eigenvalue weighted by atomic mass is 9.91. The van der Waals surface area contributed by atoms with Gasteiger partial charge in [-0.25, -0.2) is 0 Å². The minimum Gasteiger partial charge on any atom is -0.0730 e. The third-order valence-electron chi connectivity index (χ3n) is 17.8. The Bertz CT molecular complexity index is 3240. The second kappa shape index (κ2) is 22.1. The van der Waals surface area contributed by atoms with E-state index in [1.807, 2.05) is 0 Å². The molecule has 10 rings (SSSR count). The molecule has 1 unspecified atom stereocenters. The van der Waals surface area contributed by atoms with Gasteiger partial charge in [-0.15, -0.1) is 0 Å². The maximum absolute atomic E-state index is 3.64. The first-order valence-electron chi connectivity index (χ1n) is 27.8. The number of hydrogen-bond donors (Lipinski definition) is 0. The van der Waals surface area contributed by atoms with Crippen molar-refractivity contribution in [2.45, 2.75) is 113 Å². The molecule has 1 heteroatoms. The Hall–Kier alpha value is -7.32. The van der Waals surface area contributed by atoms with Gasteiger partial charge in [0.05, 0.1) is 0 Å². The van der Waals surface area contributed by atoms with E-state index in [0.29, 0.717) is 0 Å². The summed E-state index contributed by atoms with van der Waals surface area (Å²) in [5.74, 6) is 0. The Labute approximate surface area is 457 Å². The smallest absolute Gasteiger partial charge is 0.0730 e. The summed E-state index contributed by atoms with van der Waals surface area (Å²) in [6, 6.07) is 75.8. The Morgan fingerprint density at radius 3 is 0.776 bits per heavy atom. The third kappa shape index (κ3) is 9.87. The zero-order chi connectivity index (χ0) is 53.1. The number of allylic oxidation sites excluding steroid dienone is 4. The molecule has 0 aliphatic heterocycles. The Morgan fingerprint density at radius 2 is 0.553 bits per heavy atom.